The predicted molar refractivity (Wildman–Crippen MR) is 0 cm³/mol. The molecule has 0 aromatic rings. The van der Waals surface area contributed by atoms with Crippen LogP contribution in [0.3, 0.4) is 0 Å². The van der Waals surface area contributed by atoms with E-state index in [2.05, 4.69) is 0 Å². The van der Waals surface area contributed by atoms with Crippen LogP contribution < -0.4 is 0 Å². The second-order valence-electron chi connectivity index (χ2n) is 0. The molecule has 0 spiro atoms. The minimum absolute atomic E-state index is 0. The maximum absolute atomic E-state index is 0. The van der Waals surface area contributed by atoms with Gasteiger partial charge in [0.1, 0.15) is 0 Å². The molecule has 0 N–H and O–H groups in total. The molecule has 0 fully saturated rings. The molecule has 0 saturated carbocycles. The molecular weight excluding hydrogens is 1090 g/mol. The van der Waals surface area contributed by atoms with E-state index in [9.17, 15) is 0 Å². The molecular formula is Ta6. The zero-order valence-corrected chi connectivity index (χ0v) is 22.0. The van der Waals surface area contributed by atoms with Gasteiger partial charge >= 0.3 is 0 Å². The van der Waals surface area contributed by atoms with Crippen LogP contribution in [0.15, 0.2) is 0 Å². The molecule has 6 radical (unpaired) electrons. The first-order chi connectivity index (χ1) is 0. The third-order valence-electron chi connectivity index (χ3n) is 0. The molecule has 0 aliphatic carbocycles. The molecule has 30 valence electrons. The summed E-state index contributed by atoms with van der Waals surface area (Å²) in [4.78, 5) is 0. The van der Waals surface area contributed by atoms with Gasteiger partial charge in [-0.05, 0) is 0 Å². The molecule has 0 rings (SSSR count). The van der Waals surface area contributed by atoms with Crippen LogP contribution in [-0.2, 0) is 134 Å². The van der Waals surface area contributed by atoms with Gasteiger partial charge < -0.3 is 0 Å². The molecule has 0 heterocycles. The molecule has 0 nitrogen and oxygen atoms in total. The largest absolute Gasteiger partial charge is 0 e. The summed E-state index contributed by atoms with van der Waals surface area (Å²) in [5.74, 6) is 0. The second-order valence-corrected chi connectivity index (χ2v) is 0. The molecule has 0 aromatic heterocycles. The zero-order valence-electron chi connectivity index (χ0n) is 2.68. The summed E-state index contributed by atoms with van der Waals surface area (Å²) in [5.41, 5.74) is 0. The van der Waals surface area contributed by atoms with E-state index in [4.69, 9.17) is 0 Å². The first-order valence-corrected chi connectivity index (χ1v) is 0. The summed E-state index contributed by atoms with van der Waals surface area (Å²) in [6.07, 6.45) is 0. The van der Waals surface area contributed by atoms with Crippen LogP contribution in [0.2, 0.25) is 0 Å². The Hall–Kier alpha value is 4.44. The third-order valence-corrected chi connectivity index (χ3v) is 0. The van der Waals surface area contributed by atoms with Crippen LogP contribution in [0.4, 0.5) is 0 Å². The predicted octanol–water partition coefficient (Wildman–Crippen LogP) is -0.0150. The second kappa shape index (κ2) is 34.1. The van der Waals surface area contributed by atoms with E-state index in [1.807, 2.05) is 0 Å². The molecule has 0 aliphatic heterocycles. The van der Waals surface area contributed by atoms with E-state index in [1.54, 1.807) is 0 Å². The molecule has 0 saturated heterocycles. The average molecular weight is 1090 g/mol. The molecule has 0 bridgehead atoms. The van der Waals surface area contributed by atoms with Crippen molar-refractivity contribution in [2.75, 3.05) is 0 Å². The van der Waals surface area contributed by atoms with Crippen molar-refractivity contribution in [2.24, 2.45) is 0 Å². The normalized spacial score (nSPS) is 0. The summed E-state index contributed by atoms with van der Waals surface area (Å²) in [7, 11) is 0. The minimum atomic E-state index is 0. The van der Waals surface area contributed by atoms with Crippen molar-refractivity contribution in [3.63, 3.8) is 0 Å². The fraction of sp³-hybridized carbons (Fsp3) is 0. The van der Waals surface area contributed by atoms with Gasteiger partial charge in [-0.3, -0.25) is 0 Å². The maximum atomic E-state index is 0. The van der Waals surface area contributed by atoms with E-state index in [0.29, 0.717) is 0 Å². The smallest absolute Gasteiger partial charge is 0 e. The summed E-state index contributed by atoms with van der Waals surface area (Å²) < 4.78 is 0. The molecule has 0 amide bonds. The van der Waals surface area contributed by atoms with Crippen LogP contribution in [-0.4, -0.2) is 0 Å². The fourth-order valence-electron chi connectivity index (χ4n) is 0. The van der Waals surface area contributed by atoms with Gasteiger partial charge in [0, 0.05) is 134 Å². The minimum Gasteiger partial charge on any atom is 0 e. The van der Waals surface area contributed by atoms with Crippen molar-refractivity contribution in [2.45, 2.75) is 0 Å². The van der Waals surface area contributed by atoms with E-state index in [-0.39, 0.29) is 134 Å². The van der Waals surface area contributed by atoms with Crippen LogP contribution >= 0.6 is 0 Å². The van der Waals surface area contributed by atoms with Gasteiger partial charge in [0.05, 0.1) is 0 Å². The van der Waals surface area contributed by atoms with Gasteiger partial charge in [-0.15, -0.1) is 0 Å². The summed E-state index contributed by atoms with van der Waals surface area (Å²) in [6, 6.07) is 0. The Morgan fingerprint density at radius 3 is 0.167 bits per heavy atom. The molecule has 6 heavy (non-hydrogen) atoms. The van der Waals surface area contributed by atoms with Crippen molar-refractivity contribution in [1.82, 2.24) is 0 Å². The van der Waals surface area contributed by atoms with Gasteiger partial charge in [-0.25, -0.2) is 0 Å². The van der Waals surface area contributed by atoms with Gasteiger partial charge in [0.25, 0.3) is 0 Å². The Balaban J connectivity index is 0. The molecule has 0 unspecified atom stereocenters. The monoisotopic (exact) mass is 1090 g/mol. The van der Waals surface area contributed by atoms with Gasteiger partial charge in [-0.1, -0.05) is 0 Å². The molecule has 0 aromatic carbocycles. The molecule has 0 aliphatic rings. The maximum Gasteiger partial charge on any atom is 0 e. The van der Waals surface area contributed by atoms with Crippen molar-refractivity contribution in [3.05, 3.63) is 0 Å². The fourth-order valence-corrected chi connectivity index (χ4v) is 0. The number of rotatable bonds is 0. The van der Waals surface area contributed by atoms with E-state index in [1.165, 1.54) is 0 Å². The average Bonchev–Trinajstić information content (AvgIpc) is 0. The number of hydrogen-bond acceptors (Lipinski definition) is 0. The van der Waals surface area contributed by atoms with E-state index < -0.39 is 0 Å². The standard InChI is InChI=1S/6Ta. The zero-order chi connectivity index (χ0) is 0. The summed E-state index contributed by atoms with van der Waals surface area (Å²) in [5, 5.41) is 0. The van der Waals surface area contributed by atoms with Crippen LogP contribution in [0.1, 0.15) is 0 Å². The molecule has 0 atom stereocenters. The third kappa shape index (κ3) is 23.7. The Labute approximate surface area is 131 Å². The van der Waals surface area contributed by atoms with Crippen LogP contribution in [0, 0.1) is 0 Å². The van der Waals surface area contributed by atoms with Crippen LogP contribution in [0.25, 0.3) is 0 Å². The first kappa shape index (κ1) is 47.2. The van der Waals surface area contributed by atoms with Gasteiger partial charge in [0.2, 0.25) is 0 Å². The Morgan fingerprint density at radius 1 is 0.167 bits per heavy atom. The van der Waals surface area contributed by atoms with Crippen molar-refractivity contribution in [3.8, 4) is 0 Å². The summed E-state index contributed by atoms with van der Waals surface area (Å²) >= 11 is 0. The van der Waals surface area contributed by atoms with Crippen molar-refractivity contribution < 1.29 is 134 Å². The molecule has 6 heteroatoms. The van der Waals surface area contributed by atoms with E-state index in [0.717, 1.165) is 0 Å². The van der Waals surface area contributed by atoms with Crippen molar-refractivity contribution in [1.29, 1.82) is 0 Å². The summed E-state index contributed by atoms with van der Waals surface area (Å²) in [6.45, 7) is 0. The Bertz CT molecular complexity index is 0. The quantitative estimate of drug-likeness (QED) is 0.321. The van der Waals surface area contributed by atoms with Gasteiger partial charge in [0.15, 0.2) is 0 Å². The number of hydrogen-bond donors (Lipinski definition) is 0. The topological polar surface area (TPSA) is 0 Å². The van der Waals surface area contributed by atoms with Gasteiger partial charge in [-0.2, -0.15) is 0 Å². The first-order valence-electron chi connectivity index (χ1n) is 0. The SMILES string of the molecule is [Ta].[Ta].[Ta].[Ta].[Ta].[Ta]. The van der Waals surface area contributed by atoms with E-state index >= 15 is 0 Å². The Kier molecular flexibility index (Phi) is 268. The Morgan fingerprint density at radius 2 is 0.167 bits per heavy atom. The van der Waals surface area contributed by atoms with Crippen molar-refractivity contribution >= 4 is 0 Å². The van der Waals surface area contributed by atoms with Crippen LogP contribution in [0.5, 0.6) is 0 Å².